The maximum atomic E-state index is 9.17. The Hall–Kier alpha value is -1.73. The Morgan fingerprint density at radius 1 is 1.15 bits per heavy atom. The number of aromatic hydroxyl groups is 2. The minimum atomic E-state index is -0.158. The van der Waals surface area contributed by atoms with Crippen LogP contribution >= 0.6 is 11.3 Å². The van der Waals surface area contributed by atoms with Gasteiger partial charge in [-0.15, -0.1) is 11.3 Å². The zero-order chi connectivity index (χ0) is 9.42. The van der Waals surface area contributed by atoms with Gasteiger partial charge in [0.15, 0.2) is 11.5 Å². The van der Waals surface area contributed by atoms with Gasteiger partial charge in [-0.3, -0.25) is 0 Å². The number of nitrogens with zero attached hydrogens (tertiary/aromatic N) is 1. The van der Waals surface area contributed by atoms with E-state index in [1.165, 1.54) is 23.5 Å². The summed E-state index contributed by atoms with van der Waals surface area (Å²) in [7, 11) is 0. The van der Waals surface area contributed by atoms with Gasteiger partial charge in [0.2, 0.25) is 0 Å². The molecule has 4 heteroatoms. The molecule has 0 radical (unpaired) electrons. The molecule has 1 aromatic carbocycles. The molecule has 0 spiro atoms. The van der Waals surface area contributed by atoms with Crippen LogP contribution in [0.25, 0.3) is 10.1 Å². The maximum Gasteiger partial charge on any atom is 0.158 e. The lowest BCUT2D eigenvalue weighted by Gasteiger charge is -1.95. The number of nitriles is 1. The highest BCUT2D eigenvalue weighted by atomic mass is 32.1. The zero-order valence-electron chi connectivity index (χ0n) is 6.48. The van der Waals surface area contributed by atoms with Gasteiger partial charge in [-0.25, -0.2) is 0 Å². The van der Waals surface area contributed by atoms with E-state index in [2.05, 4.69) is 0 Å². The number of hydrogen-bond donors (Lipinski definition) is 2. The lowest BCUT2D eigenvalue weighted by Crippen LogP contribution is -1.67. The summed E-state index contributed by atoms with van der Waals surface area (Å²) >= 11 is 1.29. The van der Waals surface area contributed by atoms with Crippen molar-refractivity contribution in [3.63, 3.8) is 0 Å². The Morgan fingerprint density at radius 2 is 1.85 bits per heavy atom. The van der Waals surface area contributed by atoms with Crippen LogP contribution in [-0.2, 0) is 0 Å². The smallest absolute Gasteiger partial charge is 0.158 e. The molecule has 3 nitrogen and oxygen atoms in total. The summed E-state index contributed by atoms with van der Waals surface area (Å²) < 4.78 is 0.798. The Kier molecular flexibility index (Phi) is 1.61. The molecule has 0 unspecified atom stereocenters. The predicted octanol–water partition coefficient (Wildman–Crippen LogP) is 2.18. The first-order chi connectivity index (χ1) is 6.20. The van der Waals surface area contributed by atoms with E-state index in [1.807, 2.05) is 6.07 Å². The Balaban J connectivity index is 2.79. The summed E-state index contributed by atoms with van der Waals surface area (Å²) in [6.45, 7) is 0. The summed E-state index contributed by atoms with van der Waals surface area (Å²) in [5.74, 6) is -0.311. The molecule has 0 aliphatic carbocycles. The number of fused-ring (bicyclic) bond motifs is 1. The highest BCUT2D eigenvalue weighted by Gasteiger charge is 2.05. The van der Waals surface area contributed by atoms with Crippen molar-refractivity contribution in [3.8, 4) is 17.6 Å². The predicted molar refractivity (Wildman–Crippen MR) is 49.9 cm³/mol. The van der Waals surface area contributed by atoms with Crippen molar-refractivity contribution in [2.75, 3.05) is 0 Å². The van der Waals surface area contributed by atoms with Crippen LogP contribution in [0, 0.1) is 11.3 Å². The van der Waals surface area contributed by atoms with Crippen LogP contribution < -0.4 is 0 Å². The monoisotopic (exact) mass is 191 g/mol. The fraction of sp³-hybridized carbons (Fsp3) is 0. The third-order valence-electron chi connectivity index (χ3n) is 1.72. The van der Waals surface area contributed by atoms with Crippen molar-refractivity contribution in [2.24, 2.45) is 0 Å². The molecule has 1 aromatic heterocycles. The quantitative estimate of drug-likeness (QED) is 0.627. The molecule has 64 valence electrons. The van der Waals surface area contributed by atoms with Gasteiger partial charge in [-0.1, -0.05) is 0 Å². The van der Waals surface area contributed by atoms with Crippen LogP contribution in [-0.4, -0.2) is 10.2 Å². The molecule has 0 aliphatic heterocycles. The standard InChI is InChI=1S/C9H5NO2S/c10-4-6-1-5-2-7(11)8(12)3-9(5)13-6/h1-3,11-12H. The van der Waals surface area contributed by atoms with E-state index in [0.717, 1.165) is 10.1 Å². The normalized spacial score (nSPS) is 10.1. The zero-order valence-corrected chi connectivity index (χ0v) is 7.30. The molecule has 0 saturated heterocycles. The highest BCUT2D eigenvalue weighted by Crippen LogP contribution is 2.34. The summed E-state index contributed by atoms with van der Waals surface area (Å²) in [5.41, 5.74) is 0. The van der Waals surface area contributed by atoms with E-state index in [4.69, 9.17) is 5.26 Å². The molecule has 13 heavy (non-hydrogen) atoms. The Labute approximate surface area is 78.1 Å². The molecule has 2 aromatic rings. The minimum Gasteiger partial charge on any atom is -0.504 e. The molecule has 2 N–H and O–H groups in total. The molecule has 0 atom stereocenters. The van der Waals surface area contributed by atoms with Gasteiger partial charge >= 0.3 is 0 Å². The second-order valence-corrected chi connectivity index (χ2v) is 3.68. The number of hydrogen-bond acceptors (Lipinski definition) is 4. The Morgan fingerprint density at radius 3 is 2.54 bits per heavy atom. The van der Waals surface area contributed by atoms with Crippen LogP contribution in [0.2, 0.25) is 0 Å². The van der Waals surface area contributed by atoms with Crippen molar-refractivity contribution in [1.29, 1.82) is 5.26 Å². The molecular formula is C9H5NO2S. The van der Waals surface area contributed by atoms with E-state index in [1.54, 1.807) is 6.07 Å². The minimum absolute atomic E-state index is 0.154. The molecule has 0 fully saturated rings. The largest absolute Gasteiger partial charge is 0.504 e. The van der Waals surface area contributed by atoms with Crippen LogP contribution in [0.1, 0.15) is 4.88 Å². The maximum absolute atomic E-state index is 9.17. The summed E-state index contributed by atoms with van der Waals surface area (Å²) in [6.07, 6.45) is 0. The number of thiophene rings is 1. The van der Waals surface area contributed by atoms with Crippen molar-refractivity contribution in [3.05, 3.63) is 23.1 Å². The molecule has 0 aliphatic rings. The van der Waals surface area contributed by atoms with Crippen LogP contribution in [0.4, 0.5) is 0 Å². The summed E-state index contributed by atoms with van der Waals surface area (Å²) in [6, 6.07) is 6.59. The van der Waals surface area contributed by atoms with Crippen molar-refractivity contribution >= 4 is 21.4 Å². The van der Waals surface area contributed by atoms with E-state index in [-0.39, 0.29) is 11.5 Å². The van der Waals surface area contributed by atoms with E-state index in [0.29, 0.717) is 4.88 Å². The number of phenols is 2. The van der Waals surface area contributed by atoms with Gasteiger partial charge in [-0.05, 0) is 17.5 Å². The fourth-order valence-corrected chi connectivity index (χ4v) is 1.99. The van der Waals surface area contributed by atoms with Crippen molar-refractivity contribution < 1.29 is 10.2 Å². The first kappa shape index (κ1) is 7.90. The summed E-state index contributed by atoms with van der Waals surface area (Å²) in [5, 5.41) is 27.7. The first-order valence-electron chi connectivity index (χ1n) is 3.56. The lowest BCUT2D eigenvalue weighted by atomic mass is 10.2. The third-order valence-corrected chi connectivity index (χ3v) is 2.73. The van der Waals surface area contributed by atoms with Crippen molar-refractivity contribution in [2.45, 2.75) is 0 Å². The van der Waals surface area contributed by atoms with Crippen LogP contribution in [0.5, 0.6) is 11.5 Å². The first-order valence-corrected chi connectivity index (χ1v) is 4.38. The van der Waals surface area contributed by atoms with Crippen molar-refractivity contribution in [1.82, 2.24) is 0 Å². The van der Waals surface area contributed by atoms with Gasteiger partial charge in [0.1, 0.15) is 10.9 Å². The van der Waals surface area contributed by atoms with E-state index < -0.39 is 0 Å². The average molecular weight is 191 g/mol. The number of rotatable bonds is 0. The molecular weight excluding hydrogens is 186 g/mol. The second kappa shape index (κ2) is 2.64. The van der Waals surface area contributed by atoms with Gasteiger partial charge in [0, 0.05) is 10.8 Å². The average Bonchev–Trinajstić information content (AvgIpc) is 2.48. The van der Waals surface area contributed by atoms with Gasteiger partial charge in [0.05, 0.1) is 0 Å². The van der Waals surface area contributed by atoms with Crippen LogP contribution in [0.15, 0.2) is 18.2 Å². The molecule has 0 bridgehead atoms. The van der Waals surface area contributed by atoms with Gasteiger partial charge < -0.3 is 10.2 Å². The van der Waals surface area contributed by atoms with E-state index in [9.17, 15) is 10.2 Å². The fourth-order valence-electron chi connectivity index (χ4n) is 1.12. The Bertz CT molecular complexity index is 471. The molecule has 0 amide bonds. The van der Waals surface area contributed by atoms with Gasteiger partial charge in [-0.2, -0.15) is 5.26 Å². The lowest BCUT2D eigenvalue weighted by molar-refractivity contribution is 0.405. The molecule has 2 rings (SSSR count). The summed E-state index contributed by atoms with van der Waals surface area (Å²) in [4.78, 5) is 0.569. The SMILES string of the molecule is N#Cc1cc2cc(O)c(O)cc2s1. The highest BCUT2D eigenvalue weighted by molar-refractivity contribution is 7.19. The topological polar surface area (TPSA) is 64.2 Å². The molecule has 0 saturated carbocycles. The molecule has 1 heterocycles. The number of benzene rings is 1. The second-order valence-electron chi connectivity index (χ2n) is 2.60. The third kappa shape index (κ3) is 1.19. The number of phenolic OH excluding ortho intramolecular Hbond substituents is 2. The van der Waals surface area contributed by atoms with Gasteiger partial charge in [0.25, 0.3) is 0 Å². The van der Waals surface area contributed by atoms with E-state index >= 15 is 0 Å². The van der Waals surface area contributed by atoms with Crippen LogP contribution in [0.3, 0.4) is 0 Å².